The number of hydrogen-bond donors (Lipinski definition) is 1. The van der Waals surface area contributed by atoms with E-state index < -0.39 is 12.0 Å². The highest BCUT2D eigenvalue weighted by Gasteiger charge is 2.14. The minimum Gasteiger partial charge on any atom is -0.465 e. The van der Waals surface area contributed by atoms with Crippen molar-refractivity contribution in [1.82, 2.24) is 0 Å². The molecule has 0 saturated heterocycles. The summed E-state index contributed by atoms with van der Waals surface area (Å²) in [5.41, 5.74) is 6.21. The first-order chi connectivity index (χ1) is 9.06. The molecular weight excluding hydrogens is 289 g/mol. The van der Waals surface area contributed by atoms with E-state index in [4.69, 9.17) is 22.1 Å². The lowest BCUT2D eigenvalue weighted by atomic mass is 10.2. The van der Waals surface area contributed by atoms with E-state index in [0.717, 1.165) is 0 Å². The molecule has 3 nitrogen and oxygen atoms in total. The van der Waals surface area contributed by atoms with Crippen molar-refractivity contribution in [2.24, 2.45) is 5.73 Å². The van der Waals surface area contributed by atoms with Gasteiger partial charge in [-0.3, -0.25) is 4.79 Å². The third kappa shape index (κ3) is 5.38. The van der Waals surface area contributed by atoms with Crippen LogP contribution in [-0.2, 0) is 15.3 Å². The van der Waals surface area contributed by atoms with Crippen LogP contribution in [0, 0.1) is 5.82 Å². The van der Waals surface area contributed by atoms with Crippen LogP contribution in [0.3, 0.4) is 0 Å². The van der Waals surface area contributed by atoms with Crippen molar-refractivity contribution >= 4 is 29.3 Å². The van der Waals surface area contributed by atoms with Gasteiger partial charge in [-0.05, 0) is 30.7 Å². The average molecular weight is 306 g/mol. The number of carbonyl (C=O) groups is 1. The van der Waals surface area contributed by atoms with Gasteiger partial charge in [-0.1, -0.05) is 23.7 Å². The summed E-state index contributed by atoms with van der Waals surface area (Å²) in [7, 11) is 0. The molecule has 1 rings (SSSR count). The van der Waals surface area contributed by atoms with Crippen molar-refractivity contribution in [2.75, 3.05) is 12.4 Å². The van der Waals surface area contributed by atoms with Gasteiger partial charge in [-0.25, -0.2) is 4.39 Å². The molecule has 0 heterocycles. The highest BCUT2D eigenvalue weighted by molar-refractivity contribution is 7.98. The molecule has 1 aromatic carbocycles. The van der Waals surface area contributed by atoms with E-state index in [1.54, 1.807) is 19.1 Å². The number of thioether (sulfide) groups is 1. The van der Waals surface area contributed by atoms with Gasteiger partial charge in [0.1, 0.15) is 11.9 Å². The highest BCUT2D eigenvalue weighted by atomic mass is 35.5. The van der Waals surface area contributed by atoms with Crippen LogP contribution in [-0.4, -0.2) is 24.4 Å². The van der Waals surface area contributed by atoms with Crippen molar-refractivity contribution in [3.8, 4) is 0 Å². The number of benzene rings is 1. The summed E-state index contributed by atoms with van der Waals surface area (Å²) in [6, 6.07) is 4.31. The van der Waals surface area contributed by atoms with E-state index in [-0.39, 0.29) is 10.8 Å². The van der Waals surface area contributed by atoms with Gasteiger partial charge in [0.2, 0.25) is 0 Å². The second-order valence-corrected chi connectivity index (χ2v) is 5.43. The molecule has 0 aliphatic rings. The van der Waals surface area contributed by atoms with Gasteiger partial charge >= 0.3 is 5.97 Å². The fourth-order valence-electron chi connectivity index (χ4n) is 1.42. The Balaban J connectivity index is 2.31. The summed E-state index contributed by atoms with van der Waals surface area (Å²) in [6.45, 7) is 2.06. The maximum absolute atomic E-state index is 13.6. The standard InChI is InChI=1S/C13H17ClFNO2S/c1-2-18-13(17)11(16)6-7-19-8-9-4-3-5-10(14)12(9)15/h3-5,11H,2,6-8,16H2,1H3. The monoisotopic (exact) mass is 305 g/mol. The molecule has 0 fully saturated rings. The molecule has 6 heteroatoms. The summed E-state index contributed by atoms with van der Waals surface area (Å²) in [5.74, 6) is 0.386. The van der Waals surface area contributed by atoms with Gasteiger partial charge in [-0.2, -0.15) is 11.8 Å². The Morgan fingerprint density at radius 1 is 1.58 bits per heavy atom. The zero-order valence-electron chi connectivity index (χ0n) is 10.7. The van der Waals surface area contributed by atoms with Crippen LogP contribution in [0.25, 0.3) is 0 Å². The van der Waals surface area contributed by atoms with Crippen molar-refractivity contribution < 1.29 is 13.9 Å². The van der Waals surface area contributed by atoms with Gasteiger partial charge in [0.15, 0.2) is 0 Å². The van der Waals surface area contributed by atoms with Gasteiger partial charge in [0.25, 0.3) is 0 Å². The topological polar surface area (TPSA) is 52.3 Å². The molecule has 1 atom stereocenters. The maximum Gasteiger partial charge on any atom is 0.322 e. The lowest BCUT2D eigenvalue weighted by Crippen LogP contribution is -2.32. The molecule has 0 spiro atoms. The molecule has 0 aliphatic heterocycles. The number of esters is 1. The van der Waals surface area contributed by atoms with E-state index in [0.29, 0.717) is 30.1 Å². The van der Waals surface area contributed by atoms with Gasteiger partial charge in [0.05, 0.1) is 11.6 Å². The normalized spacial score (nSPS) is 12.2. The van der Waals surface area contributed by atoms with Crippen LogP contribution in [0.15, 0.2) is 18.2 Å². The maximum atomic E-state index is 13.6. The second kappa shape index (κ2) is 8.40. The first-order valence-electron chi connectivity index (χ1n) is 5.99. The second-order valence-electron chi connectivity index (χ2n) is 3.91. The zero-order chi connectivity index (χ0) is 14.3. The van der Waals surface area contributed by atoms with E-state index in [2.05, 4.69) is 0 Å². The van der Waals surface area contributed by atoms with Crippen LogP contribution in [0.2, 0.25) is 5.02 Å². The van der Waals surface area contributed by atoms with Gasteiger partial charge in [0, 0.05) is 5.75 Å². The minimum absolute atomic E-state index is 0.126. The first kappa shape index (κ1) is 16.3. The molecular formula is C13H17ClFNO2S. The number of hydrogen-bond acceptors (Lipinski definition) is 4. The Bertz CT molecular complexity index is 431. The molecule has 0 saturated carbocycles. The smallest absolute Gasteiger partial charge is 0.322 e. The van der Waals surface area contributed by atoms with Crippen LogP contribution in [0.5, 0.6) is 0 Å². The third-order valence-electron chi connectivity index (χ3n) is 2.45. The lowest BCUT2D eigenvalue weighted by Gasteiger charge is -2.10. The van der Waals surface area contributed by atoms with Crippen molar-refractivity contribution in [3.63, 3.8) is 0 Å². The molecule has 1 aromatic rings. The fourth-order valence-corrected chi connectivity index (χ4v) is 2.62. The van der Waals surface area contributed by atoms with Crippen molar-refractivity contribution in [3.05, 3.63) is 34.6 Å². The lowest BCUT2D eigenvalue weighted by molar-refractivity contribution is -0.144. The number of halogens is 2. The molecule has 106 valence electrons. The van der Waals surface area contributed by atoms with Crippen molar-refractivity contribution in [1.29, 1.82) is 0 Å². The molecule has 0 aromatic heterocycles. The Labute approximate surface area is 121 Å². The molecule has 19 heavy (non-hydrogen) atoms. The van der Waals surface area contributed by atoms with Crippen LogP contribution in [0.1, 0.15) is 18.9 Å². The Kier molecular flexibility index (Phi) is 7.20. The van der Waals surface area contributed by atoms with E-state index in [9.17, 15) is 9.18 Å². The summed E-state index contributed by atoms with van der Waals surface area (Å²) in [4.78, 5) is 11.3. The number of nitrogens with two attached hydrogens (primary N) is 1. The molecule has 0 amide bonds. The minimum atomic E-state index is -0.614. The summed E-state index contributed by atoms with van der Waals surface area (Å²) < 4.78 is 18.4. The molecule has 0 radical (unpaired) electrons. The molecule has 0 aliphatic carbocycles. The molecule has 1 unspecified atom stereocenters. The highest BCUT2D eigenvalue weighted by Crippen LogP contribution is 2.22. The van der Waals surface area contributed by atoms with E-state index in [1.807, 2.05) is 0 Å². The first-order valence-corrected chi connectivity index (χ1v) is 7.52. The van der Waals surface area contributed by atoms with Crippen LogP contribution >= 0.6 is 23.4 Å². The molecule has 2 N–H and O–H groups in total. The predicted octanol–water partition coefficient (Wildman–Crippen LogP) is 2.99. The quantitative estimate of drug-likeness (QED) is 0.621. The Hall–Kier alpha value is -0.780. The third-order valence-corrected chi connectivity index (χ3v) is 3.78. The predicted molar refractivity (Wildman–Crippen MR) is 76.8 cm³/mol. The Morgan fingerprint density at radius 2 is 2.32 bits per heavy atom. The zero-order valence-corrected chi connectivity index (χ0v) is 12.3. The summed E-state index contributed by atoms with van der Waals surface area (Å²) in [6.07, 6.45) is 0.506. The fraction of sp³-hybridized carbons (Fsp3) is 0.462. The van der Waals surface area contributed by atoms with Crippen LogP contribution < -0.4 is 5.73 Å². The number of carbonyl (C=O) groups excluding carboxylic acids is 1. The summed E-state index contributed by atoms with van der Waals surface area (Å²) in [5, 5.41) is 0.126. The van der Waals surface area contributed by atoms with Gasteiger partial charge < -0.3 is 10.5 Å². The number of rotatable bonds is 7. The SMILES string of the molecule is CCOC(=O)C(N)CCSCc1cccc(Cl)c1F. The number of ether oxygens (including phenoxy) is 1. The largest absolute Gasteiger partial charge is 0.465 e. The average Bonchev–Trinajstić information content (AvgIpc) is 2.39. The molecule has 0 bridgehead atoms. The Morgan fingerprint density at radius 3 is 3.00 bits per heavy atom. The van der Waals surface area contributed by atoms with E-state index in [1.165, 1.54) is 17.8 Å². The van der Waals surface area contributed by atoms with Crippen molar-refractivity contribution in [2.45, 2.75) is 25.1 Å². The van der Waals surface area contributed by atoms with Gasteiger partial charge in [-0.15, -0.1) is 0 Å². The summed E-state index contributed by atoms with van der Waals surface area (Å²) >= 11 is 7.19. The van der Waals surface area contributed by atoms with E-state index >= 15 is 0 Å². The van der Waals surface area contributed by atoms with Crippen LogP contribution in [0.4, 0.5) is 4.39 Å².